The molecule has 0 heterocycles. The number of benzene rings is 1. The van der Waals surface area contributed by atoms with E-state index in [2.05, 4.69) is 17.4 Å². The number of nitrogens with two attached hydrogens (primary N) is 1. The molecule has 0 aromatic heterocycles. The first-order chi connectivity index (χ1) is 10.2. The Labute approximate surface area is 139 Å². The Balaban J connectivity index is 0.00000242. The standard InChI is InChI=1S/C17H26N2O2.ClH/c18-17(10-4-5-11-17)16(20)19-12-6-13-21-14-9-15-7-2-1-3-8-15;/h1-3,7-8H,4-6,9-14,18H2,(H,19,20);1H. The van der Waals surface area contributed by atoms with Crippen molar-refractivity contribution in [2.24, 2.45) is 5.73 Å². The summed E-state index contributed by atoms with van der Waals surface area (Å²) in [6.45, 7) is 2.03. The van der Waals surface area contributed by atoms with Crippen LogP contribution in [0.5, 0.6) is 0 Å². The van der Waals surface area contributed by atoms with E-state index in [1.54, 1.807) is 0 Å². The van der Waals surface area contributed by atoms with Crippen molar-refractivity contribution >= 4 is 18.3 Å². The van der Waals surface area contributed by atoms with E-state index in [0.29, 0.717) is 13.2 Å². The third-order valence-corrected chi connectivity index (χ3v) is 4.08. The van der Waals surface area contributed by atoms with Crippen molar-refractivity contribution in [2.45, 2.75) is 44.1 Å². The molecule has 4 nitrogen and oxygen atoms in total. The largest absolute Gasteiger partial charge is 0.381 e. The van der Waals surface area contributed by atoms with E-state index in [-0.39, 0.29) is 18.3 Å². The van der Waals surface area contributed by atoms with Gasteiger partial charge in [0.1, 0.15) is 0 Å². The van der Waals surface area contributed by atoms with E-state index in [1.807, 2.05) is 18.2 Å². The Morgan fingerprint density at radius 1 is 1.18 bits per heavy atom. The normalized spacial score (nSPS) is 16.0. The first-order valence-corrected chi connectivity index (χ1v) is 7.90. The van der Waals surface area contributed by atoms with Gasteiger partial charge in [-0.25, -0.2) is 0 Å². The van der Waals surface area contributed by atoms with Gasteiger partial charge < -0.3 is 15.8 Å². The molecular formula is C17H27ClN2O2. The van der Waals surface area contributed by atoms with Crippen LogP contribution in [0.1, 0.15) is 37.7 Å². The van der Waals surface area contributed by atoms with Gasteiger partial charge in [-0.05, 0) is 31.2 Å². The maximum atomic E-state index is 12.0. The van der Waals surface area contributed by atoms with Crippen LogP contribution in [0, 0.1) is 0 Å². The Morgan fingerprint density at radius 3 is 2.55 bits per heavy atom. The predicted molar refractivity (Wildman–Crippen MR) is 91.2 cm³/mol. The summed E-state index contributed by atoms with van der Waals surface area (Å²) in [6, 6.07) is 10.3. The van der Waals surface area contributed by atoms with Gasteiger partial charge in [-0.3, -0.25) is 4.79 Å². The zero-order valence-corrected chi connectivity index (χ0v) is 13.9. The van der Waals surface area contributed by atoms with E-state index >= 15 is 0 Å². The molecule has 1 aromatic carbocycles. The van der Waals surface area contributed by atoms with Crippen molar-refractivity contribution in [1.82, 2.24) is 5.32 Å². The van der Waals surface area contributed by atoms with Crippen molar-refractivity contribution in [3.05, 3.63) is 35.9 Å². The fourth-order valence-electron chi connectivity index (χ4n) is 2.72. The maximum absolute atomic E-state index is 12.0. The summed E-state index contributed by atoms with van der Waals surface area (Å²) < 4.78 is 5.59. The molecule has 124 valence electrons. The van der Waals surface area contributed by atoms with Crippen LogP contribution in [0.3, 0.4) is 0 Å². The molecule has 1 amide bonds. The zero-order valence-electron chi connectivity index (χ0n) is 13.1. The molecular weight excluding hydrogens is 300 g/mol. The van der Waals surface area contributed by atoms with Gasteiger partial charge in [0.05, 0.1) is 12.1 Å². The van der Waals surface area contributed by atoms with Crippen LogP contribution in [0.4, 0.5) is 0 Å². The van der Waals surface area contributed by atoms with Crippen LogP contribution in [0.15, 0.2) is 30.3 Å². The molecule has 22 heavy (non-hydrogen) atoms. The van der Waals surface area contributed by atoms with Crippen molar-refractivity contribution in [3.8, 4) is 0 Å². The molecule has 1 saturated carbocycles. The van der Waals surface area contributed by atoms with E-state index in [1.165, 1.54) is 5.56 Å². The highest BCUT2D eigenvalue weighted by Crippen LogP contribution is 2.27. The van der Waals surface area contributed by atoms with Gasteiger partial charge in [-0.1, -0.05) is 43.2 Å². The third-order valence-electron chi connectivity index (χ3n) is 4.08. The van der Waals surface area contributed by atoms with Crippen LogP contribution in [0.25, 0.3) is 0 Å². The summed E-state index contributed by atoms with van der Waals surface area (Å²) >= 11 is 0. The highest BCUT2D eigenvalue weighted by atomic mass is 35.5. The van der Waals surface area contributed by atoms with Gasteiger partial charge in [-0.15, -0.1) is 12.4 Å². The highest BCUT2D eigenvalue weighted by Gasteiger charge is 2.36. The van der Waals surface area contributed by atoms with Crippen LogP contribution < -0.4 is 11.1 Å². The lowest BCUT2D eigenvalue weighted by molar-refractivity contribution is -0.126. The first kappa shape index (κ1) is 18.9. The van der Waals surface area contributed by atoms with Gasteiger partial charge in [-0.2, -0.15) is 0 Å². The number of hydrogen-bond acceptors (Lipinski definition) is 3. The van der Waals surface area contributed by atoms with Crippen LogP contribution in [-0.2, 0) is 16.0 Å². The number of halogens is 1. The van der Waals surface area contributed by atoms with Crippen molar-refractivity contribution < 1.29 is 9.53 Å². The lowest BCUT2D eigenvalue weighted by Gasteiger charge is -2.22. The Hall–Kier alpha value is -1.10. The number of amides is 1. The van der Waals surface area contributed by atoms with E-state index in [0.717, 1.165) is 45.1 Å². The van der Waals surface area contributed by atoms with Crippen molar-refractivity contribution in [1.29, 1.82) is 0 Å². The van der Waals surface area contributed by atoms with Gasteiger partial charge in [0.2, 0.25) is 5.91 Å². The molecule has 1 aliphatic rings. The summed E-state index contributed by atoms with van der Waals surface area (Å²) in [4.78, 5) is 12.0. The minimum atomic E-state index is -0.617. The number of carbonyl (C=O) groups is 1. The van der Waals surface area contributed by atoms with Gasteiger partial charge in [0.15, 0.2) is 0 Å². The topological polar surface area (TPSA) is 64.4 Å². The van der Waals surface area contributed by atoms with Gasteiger partial charge in [0.25, 0.3) is 0 Å². The van der Waals surface area contributed by atoms with Gasteiger partial charge in [0, 0.05) is 13.2 Å². The molecule has 0 aliphatic heterocycles. The fourth-order valence-corrected chi connectivity index (χ4v) is 2.72. The molecule has 0 bridgehead atoms. The van der Waals surface area contributed by atoms with E-state index in [4.69, 9.17) is 10.5 Å². The fraction of sp³-hybridized carbons (Fsp3) is 0.588. The quantitative estimate of drug-likeness (QED) is 0.721. The summed E-state index contributed by atoms with van der Waals surface area (Å²) in [5.41, 5.74) is 6.76. The third kappa shape index (κ3) is 5.95. The van der Waals surface area contributed by atoms with Crippen molar-refractivity contribution in [2.75, 3.05) is 19.8 Å². The second-order valence-electron chi connectivity index (χ2n) is 5.82. The van der Waals surface area contributed by atoms with Crippen LogP contribution >= 0.6 is 12.4 Å². The number of nitrogens with one attached hydrogen (secondary N) is 1. The number of ether oxygens (including phenoxy) is 1. The number of hydrogen-bond donors (Lipinski definition) is 2. The Bertz CT molecular complexity index is 434. The molecule has 5 heteroatoms. The second-order valence-corrected chi connectivity index (χ2v) is 5.82. The molecule has 0 unspecified atom stereocenters. The Kier molecular flexibility index (Phi) is 8.46. The number of carbonyl (C=O) groups excluding carboxylic acids is 1. The smallest absolute Gasteiger partial charge is 0.240 e. The average molecular weight is 327 g/mol. The second kappa shape index (κ2) is 9.82. The minimum absolute atomic E-state index is 0. The molecule has 1 aromatic rings. The lowest BCUT2D eigenvalue weighted by Crippen LogP contribution is -2.52. The lowest BCUT2D eigenvalue weighted by atomic mass is 9.98. The summed E-state index contributed by atoms with van der Waals surface area (Å²) in [6.07, 6.45) is 5.51. The molecule has 0 radical (unpaired) electrons. The summed E-state index contributed by atoms with van der Waals surface area (Å²) in [5, 5.41) is 2.93. The summed E-state index contributed by atoms with van der Waals surface area (Å²) in [5.74, 6) is 0.00397. The minimum Gasteiger partial charge on any atom is -0.381 e. The zero-order chi connectivity index (χ0) is 15.0. The predicted octanol–water partition coefficient (Wildman–Crippen LogP) is 2.45. The molecule has 0 atom stereocenters. The Morgan fingerprint density at radius 2 is 1.86 bits per heavy atom. The molecule has 1 fully saturated rings. The first-order valence-electron chi connectivity index (χ1n) is 7.90. The highest BCUT2D eigenvalue weighted by molar-refractivity contribution is 5.86. The maximum Gasteiger partial charge on any atom is 0.240 e. The van der Waals surface area contributed by atoms with Crippen LogP contribution in [-0.4, -0.2) is 31.2 Å². The molecule has 3 N–H and O–H groups in total. The monoisotopic (exact) mass is 326 g/mol. The van der Waals surface area contributed by atoms with Gasteiger partial charge >= 0.3 is 0 Å². The summed E-state index contributed by atoms with van der Waals surface area (Å²) in [7, 11) is 0. The molecule has 2 rings (SSSR count). The van der Waals surface area contributed by atoms with Crippen LogP contribution in [0.2, 0.25) is 0 Å². The molecule has 0 saturated heterocycles. The average Bonchev–Trinajstić information content (AvgIpc) is 2.95. The van der Waals surface area contributed by atoms with E-state index in [9.17, 15) is 4.79 Å². The molecule has 1 aliphatic carbocycles. The SMILES string of the molecule is Cl.NC1(C(=O)NCCCOCCc2ccccc2)CCCC1. The van der Waals surface area contributed by atoms with Crippen molar-refractivity contribution in [3.63, 3.8) is 0 Å². The molecule has 0 spiro atoms. The number of rotatable bonds is 8. The van der Waals surface area contributed by atoms with E-state index < -0.39 is 5.54 Å².